The molecule has 0 unspecified atom stereocenters. The average Bonchev–Trinajstić information content (AvgIpc) is 2.80. The highest BCUT2D eigenvalue weighted by atomic mass is 32.1. The van der Waals surface area contributed by atoms with Crippen LogP contribution in [0.4, 0.5) is 5.13 Å². The number of thiazole rings is 1. The molecule has 7 heteroatoms. The third-order valence-electron chi connectivity index (χ3n) is 3.07. The Morgan fingerprint density at radius 1 is 1.26 bits per heavy atom. The molecular weight excluding hydrogens is 316 g/mol. The normalized spacial score (nSPS) is 11.5. The number of aromatic nitrogens is 1. The lowest BCUT2D eigenvalue weighted by atomic mass is 9.86. The van der Waals surface area contributed by atoms with Crippen LogP contribution in [-0.4, -0.2) is 30.0 Å². The zero-order chi connectivity index (χ0) is 17.2. The van der Waals surface area contributed by atoms with E-state index in [1.807, 2.05) is 20.8 Å². The number of ether oxygens (including phenoxy) is 2. The SMILES string of the molecule is CC(=O)OCCOc1cc(C(=O)C(C)(C)C)c2nc(N)sc2c1. The van der Waals surface area contributed by atoms with E-state index in [1.54, 1.807) is 12.1 Å². The molecule has 0 saturated carbocycles. The minimum Gasteiger partial charge on any atom is -0.490 e. The van der Waals surface area contributed by atoms with Gasteiger partial charge < -0.3 is 15.2 Å². The number of nitrogen functional groups attached to an aromatic ring is 1. The number of nitrogens with zero attached hydrogens (tertiary/aromatic N) is 1. The molecule has 1 aromatic heterocycles. The standard InChI is InChI=1S/C16H20N2O4S/c1-9(19)21-5-6-22-10-7-11(14(20)16(2,3)4)13-12(8-10)23-15(17)18-13/h7-8H,5-6H2,1-4H3,(H2,17,18). The number of hydrogen-bond donors (Lipinski definition) is 1. The molecule has 0 aliphatic rings. The molecule has 2 N–H and O–H groups in total. The van der Waals surface area contributed by atoms with Gasteiger partial charge in [0.15, 0.2) is 10.9 Å². The van der Waals surface area contributed by atoms with E-state index in [2.05, 4.69) is 4.98 Å². The van der Waals surface area contributed by atoms with Gasteiger partial charge in [0.25, 0.3) is 0 Å². The number of ketones is 1. The second-order valence-electron chi connectivity index (χ2n) is 6.14. The summed E-state index contributed by atoms with van der Waals surface area (Å²) in [6.45, 7) is 7.26. The second-order valence-corrected chi connectivity index (χ2v) is 7.20. The molecule has 1 heterocycles. The highest BCUT2D eigenvalue weighted by Crippen LogP contribution is 2.34. The molecule has 0 bridgehead atoms. The van der Waals surface area contributed by atoms with Crippen molar-refractivity contribution in [1.29, 1.82) is 0 Å². The summed E-state index contributed by atoms with van der Waals surface area (Å²) in [5.41, 5.74) is 6.32. The van der Waals surface area contributed by atoms with Crippen molar-refractivity contribution in [2.75, 3.05) is 18.9 Å². The number of hydrogen-bond acceptors (Lipinski definition) is 7. The Morgan fingerprint density at radius 2 is 1.96 bits per heavy atom. The maximum atomic E-state index is 12.7. The van der Waals surface area contributed by atoms with E-state index in [0.717, 1.165) is 4.70 Å². The monoisotopic (exact) mass is 336 g/mol. The van der Waals surface area contributed by atoms with Crippen molar-refractivity contribution in [3.05, 3.63) is 17.7 Å². The summed E-state index contributed by atoms with van der Waals surface area (Å²) in [5.74, 6) is 0.141. The first kappa shape index (κ1) is 17.2. The van der Waals surface area contributed by atoms with Crippen molar-refractivity contribution in [2.45, 2.75) is 27.7 Å². The van der Waals surface area contributed by atoms with Gasteiger partial charge in [-0.1, -0.05) is 32.1 Å². The van der Waals surface area contributed by atoms with Gasteiger partial charge in [0, 0.05) is 17.9 Å². The molecule has 0 atom stereocenters. The van der Waals surface area contributed by atoms with Crippen LogP contribution in [0.2, 0.25) is 0 Å². The molecule has 0 amide bonds. The molecule has 0 saturated heterocycles. The van der Waals surface area contributed by atoms with Crippen molar-refractivity contribution >= 4 is 38.4 Å². The number of carbonyl (C=O) groups is 2. The summed E-state index contributed by atoms with van der Waals surface area (Å²) in [6.07, 6.45) is 0. The van der Waals surface area contributed by atoms with Crippen molar-refractivity contribution in [3.63, 3.8) is 0 Å². The number of Topliss-reactive ketones (excluding diaryl/α,β-unsaturated/α-hetero) is 1. The van der Waals surface area contributed by atoms with Crippen LogP contribution in [0.3, 0.4) is 0 Å². The van der Waals surface area contributed by atoms with Crippen LogP contribution in [0, 0.1) is 5.41 Å². The van der Waals surface area contributed by atoms with E-state index < -0.39 is 5.41 Å². The first-order valence-electron chi connectivity index (χ1n) is 7.19. The zero-order valence-electron chi connectivity index (χ0n) is 13.6. The van der Waals surface area contributed by atoms with Crippen molar-refractivity contribution in [1.82, 2.24) is 4.98 Å². The van der Waals surface area contributed by atoms with Gasteiger partial charge in [-0.3, -0.25) is 9.59 Å². The van der Waals surface area contributed by atoms with E-state index >= 15 is 0 Å². The number of rotatable bonds is 5. The van der Waals surface area contributed by atoms with E-state index in [-0.39, 0.29) is 25.0 Å². The molecule has 1 aromatic carbocycles. The van der Waals surface area contributed by atoms with Gasteiger partial charge in [-0.25, -0.2) is 4.98 Å². The lowest BCUT2D eigenvalue weighted by molar-refractivity contribution is -0.141. The van der Waals surface area contributed by atoms with Crippen LogP contribution < -0.4 is 10.5 Å². The van der Waals surface area contributed by atoms with Crippen LogP contribution in [0.15, 0.2) is 12.1 Å². The number of fused-ring (bicyclic) bond motifs is 1. The second kappa shape index (κ2) is 6.54. The van der Waals surface area contributed by atoms with Gasteiger partial charge in [0.2, 0.25) is 0 Å². The van der Waals surface area contributed by atoms with E-state index in [4.69, 9.17) is 15.2 Å². The third kappa shape index (κ3) is 4.19. The number of benzene rings is 1. The molecule has 0 radical (unpaired) electrons. The van der Waals surface area contributed by atoms with E-state index in [9.17, 15) is 9.59 Å². The number of anilines is 1. The first-order chi connectivity index (χ1) is 10.7. The fourth-order valence-corrected chi connectivity index (χ4v) is 2.82. The summed E-state index contributed by atoms with van der Waals surface area (Å²) < 4.78 is 11.2. The molecule has 2 aromatic rings. The predicted molar refractivity (Wildman–Crippen MR) is 89.9 cm³/mol. The van der Waals surface area contributed by atoms with Gasteiger partial charge in [-0.2, -0.15) is 0 Å². The molecule has 6 nitrogen and oxygen atoms in total. The van der Waals surface area contributed by atoms with Crippen LogP contribution in [0.1, 0.15) is 38.1 Å². The van der Waals surface area contributed by atoms with Gasteiger partial charge in [0.1, 0.15) is 19.0 Å². The fraction of sp³-hybridized carbons (Fsp3) is 0.438. The van der Waals surface area contributed by atoms with Crippen molar-refractivity contribution in [2.24, 2.45) is 5.41 Å². The number of esters is 1. The fourth-order valence-electron chi connectivity index (χ4n) is 2.03. The highest BCUT2D eigenvalue weighted by Gasteiger charge is 2.26. The third-order valence-corrected chi connectivity index (χ3v) is 3.90. The van der Waals surface area contributed by atoms with Gasteiger partial charge in [-0.15, -0.1) is 0 Å². The molecule has 0 spiro atoms. The molecule has 0 aliphatic heterocycles. The largest absolute Gasteiger partial charge is 0.490 e. The Bertz CT molecular complexity index is 746. The highest BCUT2D eigenvalue weighted by molar-refractivity contribution is 7.22. The smallest absolute Gasteiger partial charge is 0.302 e. The minimum atomic E-state index is -0.540. The van der Waals surface area contributed by atoms with Gasteiger partial charge in [0.05, 0.1) is 10.2 Å². The number of carbonyl (C=O) groups excluding carboxylic acids is 2. The number of nitrogens with two attached hydrogens (primary N) is 1. The van der Waals surface area contributed by atoms with Gasteiger partial charge >= 0.3 is 5.97 Å². The van der Waals surface area contributed by atoms with Crippen LogP contribution in [-0.2, 0) is 9.53 Å². The Morgan fingerprint density at radius 3 is 2.57 bits per heavy atom. The summed E-state index contributed by atoms with van der Waals surface area (Å²) in [7, 11) is 0. The van der Waals surface area contributed by atoms with Crippen LogP contribution in [0.5, 0.6) is 5.75 Å². The summed E-state index contributed by atoms with van der Waals surface area (Å²) in [4.78, 5) is 27.7. The maximum absolute atomic E-state index is 12.7. The maximum Gasteiger partial charge on any atom is 0.302 e. The molecule has 124 valence electrons. The van der Waals surface area contributed by atoms with E-state index in [1.165, 1.54) is 18.3 Å². The Labute approximate surface area is 138 Å². The minimum absolute atomic E-state index is 0.0294. The predicted octanol–water partition coefficient (Wildman–Crippen LogP) is 3.05. The van der Waals surface area contributed by atoms with Crippen molar-refractivity contribution < 1.29 is 19.1 Å². The molecule has 0 aliphatic carbocycles. The Hall–Kier alpha value is -2.15. The zero-order valence-corrected chi connectivity index (χ0v) is 14.5. The Balaban J connectivity index is 2.32. The van der Waals surface area contributed by atoms with Crippen molar-refractivity contribution in [3.8, 4) is 5.75 Å². The summed E-state index contributed by atoms with van der Waals surface area (Å²) in [5, 5.41) is 0.403. The summed E-state index contributed by atoms with van der Waals surface area (Å²) >= 11 is 1.30. The molecular formula is C16H20N2O4S. The lowest BCUT2D eigenvalue weighted by Crippen LogP contribution is -2.20. The Kier molecular flexibility index (Phi) is 4.89. The quantitative estimate of drug-likeness (QED) is 0.512. The topological polar surface area (TPSA) is 91.5 Å². The molecule has 2 rings (SSSR count). The lowest BCUT2D eigenvalue weighted by Gasteiger charge is -2.17. The van der Waals surface area contributed by atoms with Crippen LogP contribution >= 0.6 is 11.3 Å². The van der Waals surface area contributed by atoms with Gasteiger partial charge in [-0.05, 0) is 12.1 Å². The van der Waals surface area contributed by atoms with Crippen LogP contribution in [0.25, 0.3) is 10.2 Å². The average molecular weight is 336 g/mol. The molecule has 0 fully saturated rings. The first-order valence-corrected chi connectivity index (χ1v) is 8.01. The summed E-state index contributed by atoms with van der Waals surface area (Å²) in [6, 6.07) is 3.46. The molecule has 23 heavy (non-hydrogen) atoms. The van der Waals surface area contributed by atoms with E-state index in [0.29, 0.717) is 22.0 Å².